The molecule has 2 fully saturated rings. The summed E-state index contributed by atoms with van der Waals surface area (Å²) in [5.41, 5.74) is 0.815. The number of Topliss-reactive ketones (excluding diaryl/α,β-unsaturated/α-hetero) is 1. The fraction of sp³-hybridized carbons (Fsp3) is 0.588. The van der Waals surface area contributed by atoms with Crippen LogP contribution in [0, 0.1) is 5.92 Å². The number of ketones is 1. The summed E-state index contributed by atoms with van der Waals surface area (Å²) in [5, 5.41) is 0. The Morgan fingerprint density at radius 3 is 3.10 bits per heavy atom. The molecule has 0 bridgehead atoms. The Labute approximate surface area is 125 Å². The normalized spacial score (nSPS) is 28.7. The summed E-state index contributed by atoms with van der Waals surface area (Å²) in [4.78, 5) is 12.6. The largest absolute Gasteiger partial charge is 0.497 e. The fourth-order valence-electron chi connectivity index (χ4n) is 3.29. The first-order valence-corrected chi connectivity index (χ1v) is 7.58. The van der Waals surface area contributed by atoms with E-state index in [0.717, 1.165) is 37.2 Å². The van der Waals surface area contributed by atoms with E-state index >= 15 is 0 Å². The van der Waals surface area contributed by atoms with Crippen molar-refractivity contribution in [3.63, 3.8) is 0 Å². The highest BCUT2D eigenvalue weighted by Crippen LogP contribution is 2.36. The standard InChI is InChI=1S/C17H22O4/c1-19-15-4-2-3-13(9-15)10-16(18)14-5-7-21-17(11-14)6-8-20-12-17/h2-4,9,14H,5-8,10-12H2,1H3. The zero-order valence-corrected chi connectivity index (χ0v) is 12.5. The zero-order chi connectivity index (χ0) is 14.7. The van der Waals surface area contributed by atoms with Gasteiger partial charge in [0.25, 0.3) is 0 Å². The van der Waals surface area contributed by atoms with Crippen LogP contribution in [0.2, 0.25) is 0 Å². The second-order valence-electron chi connectivity index (χ2n) is 6.02. The molecule has 114 valence electrons. The summed E-state index contributed by atoms with van der Waals surface area (Å²) in [7, 11) is 1.64. The molecule has 2 atom stereocenters. The monoisotopic (exact) mass is 290 g/mol. The van der Waals surface area contributed by atoms with Crippen LogP contribution < -0.4 is 4.74 Å². The van der Waals surface area contributed by atoms with Crippen molar-refractivity contribution in [2.75, 3.05) is 26.9 Å². The van der Waals surface area contributed by atoms with Crippen LogP contribution in [0.5, 0.6) is 5.75 Å². The first kappa shape index (κ1) is 14.5. The molecule has 1 spiro atoms. The van der Waals surface area contributed by atoms with Crippen molar-refractivity contribution in [2.24, 2.45) is 5.92 Å². The number of carbonyl (C=O) groups is 1. The molecule has 2 heterocycles. The number of hydrogen-bond acceptors (Lipinski definition) is 4. The number of methoxy groups -OCH3 is 1. The molecule has 0 saturated carbocycles. The van der Waals surface area contributed by atoms with Crippen LogP contribution in [0.3, 0.4) is 0 Å². The molecule has 2 aliphatic heterocycles. The van der Waals surface area contributed by atoms with E-state index in [1.54, 1.807) is 7.11 Å². The summed E-state index contributed by atoms with van der Waals surface area (Å²) >= 11 is 0. The highest BCUT2D eigenvalue weighted by molar-refractivity contribution is 5.83. The molecule has 0 N–H and O–H groups in total. The van der Waals surface area contributed by atoms with Gasteiger partial charge < -0.3 is 14.2 Å². The van der Waals surface area contributed by atoms with Crippen LogP contribution in [0.15, 0.2) is 24.3 Å². The van der Waals surface area contributed by atoms with Gasteiger partial charge in [0.2, 0.25) is 0 Å². The molecular formula is C17H22O4. The summed E-state index contributed by atoms with van der Waals surface area (Å²) in [6.07, 6.45) is 3.01. The molecule has 2 saturated heterocycles. The number of hydrogen-bond donors (Lipinski definition) is 0. The highest BCUT2D eigenvalue weighted by atomic mass is 16.6. The fourth-order valence-corrected chi connectivity index (χ4v) is 3.29. The predicted molar refractivity (Wildman–Crippen MR) is 78.5 cm³/mol. The minimum absolute atomic E-state index is 0.0895. The molecule has 1 aromatic rings. The Hall–Kier alpha value is -1.39. The molecule has 1 aromatic carbocycles. The minimum atomic E-state index is -0.201. The average Bonchev–Trinajstić information content (AvgIpc) is 2.95. The lowest BCUT2D eigenvalue weighted by molar-refractivity contribution is -0.136. The van der Waals surface area contributed by atoms with E-state index in [4.69, 9.17) is 14.2 Å². The van der Waals surface area contributed by atoms with Gasteiger partial charge in [0.05, 0.1) is 19.3 Å². The summed E-state index contributed by atoms with van der Waals surface area (Å²) in [6, 6.07) is 7.74. The topological polar surface area (TPSA) is 44.8 Å². The number of carbonyl (C=O) groups excluding carboxylic acids is 1. The Balaban J connectivity index is 1.64. The maximum Gasteiger partial charge on any atom is 0.140 e. The Bertz CT molecular complexity index is 505. The van der Waals surface area contributed by atoms with Gasteiger partial charge in [-0.1, -0.05) is 12.1 Å². The second-order valence-corrected chi connectivity index (χ2v) is 6.02. The average molecular weight is 290 g/mol. The van der Waals surface area contributed by atoms with E-state index in [1.165, 1.54) is 0 Å². The Morgan fingerprint density at radius 2 is 2.33 bits per heavy atom. The van der Waals surface area contributed by atoms with Crippen molar-refractivity contribution in [2.45, 2.75) is 31.3 Å². The number of benzene rings is 1. The van der Waals surface area contributed by atoms with Crippen LogP contribution in [-0.4, -0.2) is 38.3 Å². The quantitative estimate of drug-likeness (QED) is 0.854. The van der Waals surface area contributed by atoms with Crippen molar-refractivity contribution in [3.8, 4) is 5.75 Å². The molecule has 21 heavy (non-hydrogen) atoms. The van der Waals surface area contributed by atoms with E-state index in [-0.39, 0.29) is 11.5 Å². The Kier molecular flexibility index (Phi) is 4.27. The third kappa shape index (κ3) is 3.27. The van der Waals surface area contributed by atoms with Crippen LogP contribution in [0.25, 0.3) is 0 Å². The predicted octanol–water partition coefficient (Wildman–Crippen LogP) is 2.39. The Morgan fingerprint density at radius 1 is 1.43 bits per heavy atom. The molecule has 0 radical (unpaired) electrons. The number of rotatable bonds is 4. The van der Waals surface area contributed by atoms with Gasteiger partial charge in [0.15, 0.2) is 0 Å². The number of ether oxygens (including phenoxy) is 3. The van der Waals surface area contributed by atoms with E-state index in [0.29, 0.717) is 25.4 Å². The lowest BCUT2D eigenvalue weighted by Gasteiger charge is -2.36. The summed E-state index contributed by atoms with van der Waals surface area (Å²) in [5.74, 6) is 1.19. The lowest BCUT2D eigenvalue weighted by Crippen LogP contribution is -2.42. The molecule has 0 aliphatic carbocycles. The van der Waals surface area contributed by atoms with Gasteiger partial charge in [-0.15, -0.1) is 0 Å². The SMILES string of the molecule is COc1cccc(CC(=O)C2CCOC3(CCOC3)C2)c1. The minimum Gasteiger partial charge on any atom is -0.497 e. The molecule has 0 aromatic heterocycles. The molecule has 3 rings (SSSR count). The van der Waals surface area contributed by atoms with Crippen molar-refractivity contribution in [3.05, 3.63) is 29.8 Å². The third-order valence-corrected chi connectivity index (χ3v) is 4.53. The molecule has 0 amide bonds. The first-order valence-electron chi connectivity index (χ1n) is 7.58. The van der Waals surface area contributed by atoms with Gasteiger partial charge in [0, 0.05) is 32.0 Å². The van der Waals surface area contributed by atoms with E-state index in [9.17, 15) is 4.79 Å². The maximum absolute atomic E-state index is 12.6. The highest BCUT2D eigenvalue weighted by Gasteiger charge is 2.42. The van der Waals surface area contributed by atoms with Gasteiger partial charge >= 0.3 is 0 Å². The van der Waals surface area contributed by atoms with Crippen LogP contribution in [0.1, 0.15) is 24.8 Å². The summed E-state index contributed by atoms with van der Waals surface area (Å²) in [6.45, 7) is 2.05. The summed E-state index contributed by atoms with van der Waals surface area (Å²) < 4.78 is 16.6. The smallest absolute Gasteiger partial charge is 0.140 e. The molecular weight excluding hydrogens is 268 g/mol. The van der Waals surface area contributed by atoms with Gasteiger partial charge in [-0.3, -0.25) is 4.79 Å². The van der Waals surface area contributed by atoms with Gasteiger partial charge in [0.1, 0.15) is 11.5 Å². The molecule has 4 heteroatoms. The van der Waals surface area contributed by atoms with Crippen LogP contribution in [-0.2, 0) is 20.7 Å². The van der Waals surface area contributed by atoms with E-state index < -0.39 is 0 Å². The second kappa shape index (κ2) is 6.16. The van der Waals surface area contributed by atoms with Crippen LogP contribution in [0.4, 0.5) is 0 Å². The van der Waals surface area contributed by atoms with Crippen LogP contribution >= 0.6 is 0 Å². The van der Waals surface area contributed by atoms with Crippen molar-refractivity contribution >= 4 is 5.78 Å². The van der Waals surface area contributed by atoms with Gasteiger partial charge in [-0.05, 0) is 30.5 Å². The van der Waals surface area contributed by atoms with Gasteiger partial charge in [-0.2, -0.15) is 0 Å². The molecule has 2 unspecified atom stereocenters. The molecule has 2 aliphatic rings. The van der Waals surface area contributed by atoms with Crippen molar-refractivity contribution in [1.82, 2.24) is 0 Å². The zero-order valence-electron chi connectivity index (χ0n) is 12.5. The van der Waals surface area contributed by atoms with Gasteiger partial charge in [-0.25, -0.2) is 0 Å². The van der Waals surface area contributed by atoms with Crippen molar-refractivity contribution < 1.29 is 19.0 Å². The van der Waals surface area contributed by atoms with Crippen molar-refractivity contribution in [1.29, 1.82) is 0 Å². The van der Waals surface area contributed by atoms with E-state index in [2.05, 4.69) is 0 Å². The molecule has 4 nitrogen and oxygen atoms in total. The third-order valence-electron chi connectivity index (χ3n) is 4.53. The first-order chi connectivity index (χ1) is 10.2. The van der Waals surface area contributed by atoms with E-state index in [1.807, 2.05) is 24.3 Å². The maximum atomic E-state index is 12.6. The lowest BCUT2D eigenvalue weighted by atomic mass is 9.81.